The fourth-order valence-corrected chi connectivity index (χ4v) is 2.43. The SMILES string of the molecule is CCc1c[nH]cc1-c1ccc(OCc2ccccc2)cc1. The van der Waals surface area contributed by atoms with Crippen molar-refractivity contribution in [2.75, 3.05) is 0 Å². The Hall–Kier alpha value is -2.48. The van der Waals surface area contributed by atoms with Crippen LogP contribution >= 0.6 is 0 Å². The van der Waals surface area contributed by atoms with Gasteiger partial charge in [0.2, 0.25) is 0 Å². The maximum atomic E-state index is 5.81. The summed E-state index contributed by atoms with van der Waals surface area (Å²) in [5.41, 5.74) is 5.01. The number of ether oxygens (including phenoxy) is 1. The van der Waals surface area contributed by atoms with Crippen LogP contribution < -0.4 is 4.74 Å². The number of H-pyrrole nitrogens is 1. The molecule has 106 valence electrons. The normalized spacial score (nSPS) is 10.5. The van der Waals surface area contributed by atoms with Gasteiger partial charge in [0, 0.05) is 18.0 Å². The molecule has 0 aliphatic carbocycles. The second kappa shape index (κ2) is 6.31. The van der Waals surface area contributed by atoms with Crippen LogP contribution in [0.15, 0.2) is 67.0 Å². The first-order valence-electron chi connectivity index (χ1n) is 7.29. The Balaban J connectivity index is 1.70. The van der Waals surface area contributed by atoms with Crippen molar-refractivity contribution in [2.24, 2.45) is 0 Å². The Morgan fingerprint density at radius 3 is 2.38 bits per heavy atom. The topological polar surface area (TPSA) is 25.0 Å². The van der Waals surface area contributed by atoms with Crippen LogP contribution in [0, 0.1) is 0 Å². The molecular formula is C19H19NO. The standard InChI is InChI=1S/C19H19NO/c1-2-16-12-20-13-19(16)17-8-10-18(11-9-17)21-14-15-6-4-3-5-7-15/h3-13,20H,2,14H2,1H3. The lowest BCUT2D eigenvalue weighted by atomic mass is 10.0. The zero-order chi connectivity index (χ0) is 14.5. The molecule has 1 aromatic heterocycles. The van der Waals surface area contributed by atoms with Gasteiger partial charge in [0.15, 0.2) is 0 Å². The average molecular weight is 277 g/mol. The van der Waals surface area contributed by atoms with E-state index in [0.29, 0.717) is 6.61 Å². The summed E-state index contributed by atoms with van der Waals surface area (Å²) in [5, 5.41) is 0. The van der Waals surface area contributed by atoms with Crippen molar-refractivity contribution in [3.05, 3.63) is 78.1 Å². The minimum Gasteiger partial charge on any atom is -0.489 e. The Kier molecular flexibility index (Phi) is 4.06. The highest BCUT2D eigenvalue weighted by atomic mass is 16.5. The van der Waals surface area contributed by atoms with Crippen LogP contribution in [-0.2, 0) is 13.0 Å². The highest BCUT2D eigenvalue weighted by molar-refractivity contribution is 5.67. The summed E-state index contributed by atoms with van der Waals surface area (Å²) in [6.07, 6.45) is 5.15. The van der Waals surface area contributed by atoms with Gasteiger partial charge in [-0.15, -0.1) is 0 Å². The van der Waals surface area contributed by atoms with Gasteiger partial charge in [-0.2, -0.15) is 0 Å². The van der Waals surface area contributed by atoms with Crippen LogP contribution in [0.25, 0.3) is 11.1 Å². The molecule has 0 amide bonds. The minimum absolute atomic E-state index is 0.602. The van der Waals surface area contributed by atoms with Crippen LogP contribution in [0.1, 0.15) is 18.1 Å². The van der Waals surface area contributed by atoms with E-state index < -0.39 is 0 Å². The zero-order valence-electron chi connectivity index (χ0n) is 12.2. The van der Waals surface area contributed by atoms with Gasteiger partial charge in [-0.25, -0.2) is 0 Å². The molecule has 2 aromatic carbocycles. The van der Waals surface area contributed by atoms with Gasteiger partial charge in [0.25, 0.3) is 0 Å². The molecule has 0 saturated heterocycles. The first-order chi connectivity index (χ1) is 10.4. The lowest BCUT2D eigenvalue weighted by Gasteiger charge is -2.07. The van der Waals surface area contributed by atoms with E-state index in [9.17, 15) is 0 Å². The summed E-state index contributed by atoms with van der Waals surface area (Å²) < 4.78 is 5.81. The maximum absolute atomic E-state index is 5.81. The van der Waals surface area contributed by atoms with E-state index in [1.54, 1.807) is 0 Å². The zero-order valence-corrected chi connectivity index (χ0v) is 12.2. The van der Waals surface area contributed by atoms with Gasteiger partial charge in [-0.1, -0.05) is 49.4 Å². The van der Waals surface area contributed by atoms with Gasteiger partial charge < -0.3 is 9.72 Å². The minimum atomic E-state index is 0.602. The Morgan fingerprint density at radius 1 is 0.905 bits per heavy atom. The molecule has 0 aliphatic rings. The molecule has 0 fully saturated rings. The van der Waals surface area contributed by atoms with Gasteiger partial charge in [-0.3, -0.25) is 0 Å². The third-order valence-electron chi connectivity index (χ3n) is 3.63. The summed E-state index contributed by atoms with van der Waals surface area (Å²) in [6, 6.07) is 18.5. The van der Waals surface area contributed by atoms with E-state index in [4.69, 9.17) is 4.74 Å². The number of aromatic nitrogens is 1. The molecule has 1 heterocycles. The van der Waals surface area contributed by atoms with Crippen molar-refractivity contribution in [2.45, 2.75) is 20.0 Å². The molecule has 21 heavy (non-hydrogen) atoms. The van der Waals surface area contributed by atoms with Crippen LogP contribution in [0.3, 0.4) is 0 Å². The van der Waals surface area contributed by atoms with E-state index in [-0.39, 0.29) is 0 Å². The largest absolute Gasteiger partial charge is 0.489 e. The molecule has 0 unspecified atom stereocenters. The molecule has 0 atom stereocenters. The molecule has 0 saturated carbocycles. The second-order valence-electron chi connectivity index (χ2n) is 5.05. The maximum Gasteiger partial charge on any atom is 0.119 e. The van der Waals surface area contributed by atoms with Gasteiger partial charge >= 0.3 is 0 Å². The molecular weight excluding hydrogens is 258 g/mol. The average Bonchev–Trinajstić information content (AvgIpc) is 3.03. The quantitative estimate of drug-likeness (QED) is 0.710. The third kappa shape index (κ3) is 3.16. The molecule has 1 N–H and O–H groups in total. The fraction of sp³-hybridized carbons (Fsp3) is 0.158. The van der Waals surface area contributed by atoms with Crippen molar-refractivity contribution >= 4 is 0 Å². The second-order valence-corrected chi connectivity index (χ2v) is 5.05. The Bertz CT molecular complexity index is 683. The molecule has 0 aliphatic heterocycles. The molecule has 0 spiro atoms. The summed E-state index contributed by atoms with van der Waals surface area (Å²) in [5.74, 6) is 0.899. The number of hydrogen-bond donors (Lipinski definition) is 1. The van der Waals surface area contributed by atoms with Gasteiger partial charge in [0.1, 0.15) is 12.4 Å². The lowest BCUT2D eigenvalue weighted by Crippen LogP contribution is -1.94. The van der Waals surface area contributed by atoms with E-state index in [0.717, 1.165) is 12.2 Å². The Morgan fingerprint density at radius 2 is 1.67 bits per heavy atom. The predicted octanol–water partition coefficient (Wildman–Crippen LogP) is 4.82. The first kappa shape index (κ1) is 13.5. The number of benzene rings is 2. The van der Waals surface area contributed by atoms with Crippen LogP contribution in [0.5, 0.6) is 5.75 Å². The highest BCUT2D eigenvalue weighted by Gasteiger charge is 2.05. The summed E-state index contributed by atoms with van der Waals surface area (Å²) in [7, 11) is 0. The number of nitrogens with one attached hydrogen (secondary N) is 1. The van der Waals surface area contributed by atoms with Crippen molar-refractivity contribution in [3.63, 3.8) is 0 Å². The van der Waals surface area contributed by atoms with Gasteiger partial charge in [0.05, 0.1) is 0 Å². The van der Waals surface area contributed by atoms with Crippen LogP contribution in [-0.4, -0.2) is 4.98 Å². The van der Waals surface area contributed by atoms with Crippen LogP contribution in [0.2, 0.25) is 0 Å². The highest BCUT2D eigenvalue weighted by Crippen LogP contribution is 2.26. The Labute approximate surface area is 125 Å². The smallest absolute Gasteiger partial charge is 0.119 e. The van der Waals surface area contributed by atoms with Gasteiger partial charge in [-0.05, 0) is 35.2 Å². The molecule has 0 bridgehead atoms. The molecule has 3 aromatic rings. The summed E-state index contributed by atoms with van der Waals surface area (Å²) in [6.45, 7) is 2.77. The number of rotatable bonds is 5. The van der Waals surface area contributed by atoms with E-state index in [1.807, 2.05) is 30.3 Å². The fourth-order valence-electron chi connectivity index (χ4n) is 2.43. The predicted molar refractivity (Wildman–Crippen MR) is 86.4 cm³/mol. The number of hydrogen-bond acceptors (Lipinski definition) is 1. The van der Waals surface area contributed by atoms with Crippen molar-refractivity contribution in [1.29, 1.82) is 0 Å². The molecule has 0 radical (unpaired) electrons. The third-order valence-corrected chi connectivity index (χ3v) is 3.63. The van der Waals surface area contributed by atoms with E-state index in [1.165, 1.54) is 22.3 Å². The monoisotopic (exact) mass is 277 g/mol. The van der Waals surface area contributed by atoms with Crippen LogP contribution in [0.4, 0.5) is 0 Å². The van der Waals surface area contributed by atoms with E-state index >= 15 is 0 Å². The number of aromatic amines is 1. The number of aryl methyl sites for hydroxylation is 1. The van der Waals surface area contributed by atoms with Crippen molar-refractivity contribution in [3.8, 4) is 16.9 Å². The molecule has 2 heteroatoms. The van der Waals surface area contributed by atoms with E-state index in [2.05, 4.69) is 48.6 Å². The summed E-state index contributed by atoms with van der Waals surface area (Å²) in [4.78, 5) is 3.18. The summed E-state index contributed by atoms with van der Waals surface area (Å²) >= 11 is 0. The lowest BCUT2D eigenvalue weighted by molar-refractivity contribution is 0.306. The van der Waals surface area contributed by atoms with Crippen molar-refractivity contribution in [1.82, 2.24) is 4.98 Å². The first-order valence-corrected chi connectivity index (χ1v) is 7.29. The van der Waals surface area contributed by atoms with Crippen molar-refractivity contribution < 1.29 is 4.74 Å². The molecule has 2 nitrogen and oxygen atoms in total. The molecule has 3 rings (SSSR count).